The Morgan fingerprint density at radius 3 is 2.00 bits per heavy atom. The highest BCUT2D eigenvalue weighted by Crippen LogP contribution is 2.29. The van der Waals surface area contributed by atoms with E-state index < -0.39 is 16.1 Å². The summed E-state index contributed by atoms with van der Waals surface area (Å²) in [4.78, 5) is 17.9. The highest BCUT2D eigenvalue weighted by Gasteiger charge is 2.35. The van der Waals surface area contributed by atoms with Gasteiger partial charge in [0.15, 0.2) is 5.78 Å². The molecule has 2 aliphatic heterocycles. The predicted molar refractivity (Wildman–Crippen MR) is 137 cm³/mol. The molecule has 2 aliphatic rings. The van der Waals surface area contributed by atoms with E-state index in [0.29, 0.717) is 12.0 Å². The van der Waals surface area contributed by atoms with Crippen LogP contribution in [0.25, 0.3) is 0 Å². The summed E-state index contributed by atoms with van der Waals surface area (Å²) in [5.41, 5.74) is 2.91. The van der Waals surface area contributed by atoms with Gasteiger partial charge in [0, 0.05) is 31.7 Å². The molecule has 0 aromatic heterocycles. The molecule has 1 saturated heterocycles. The minimum atomic E-state index is -3.64. The number of rotatable bonds is 7. The quantitative estimate of drug-likeness (QED) is 0.548. The lowest BCUT2D eigenvalue weighted by Gasteiger charge is -2.40. The lowest BCUT2D eigenvalue weighted by Crippen LogP contribution is -2.49. The van der Waals surface area contributed by atoms with Gasteiger partial charge >= 0.3 is 0 Å². The molecule has 0 bridgehead atoms. The fourth-order valence-corrected chi connectivity index (χ4v) is 6.68. The van der Waals surface area contributed by atoms with Crippen molar-refractivity contribution in [1.29, 1.82) is 0 Å². The fourth-order valence-electron chi connectivity index (χ4n) is 5.24. The zero-order chi connectivity index (χ0) is 24.3. The van der Waals surface area contributed by atoms with Crippen LogP contribution in [0.5, 0.6) is 0 Å². The van der Waals surface area contributed by atoms with Gasteiger partial charge in [-0.1, -0.05) is 72.8 Å². The number of benzene rings is 3. The van der Waals surface area contributed by atoms with Gasteiger partial charge < -0.3 is 4.90 Å². The molecule has 1 unspecified atom stereocenters. The van der Waals surface area contributed by atoms with Crippen molar-refractivity contribution in [3.8, 4) is 0 Å². The van der Waals surface area contributed by atoms with Crippen molar-refractivity contribution in [2.75, 3.05) is 32.7 Å². The van der Waals surface area contributed by atoms with Crippen LogP contribution in [-0.2, 0) is 10.0 Å². The molecule has 1 fully saturated rings. The molecule has 0 aliphatic carbocycles. The molecule has 3 aromatic carbocycles. The third kappa shape index (κ3) is 5.23. The van der Waals surface area contributed by atoms with E-state index in [0.717, 1.165) is 39.1 Å². The predicted octanol–water partition coefficient (Wildman–Crippen LogP) is 3.72. The number of ketones is 1. The Balaban J connectivity index is 1.17. The normalized spacial score (nSPS) is 20.6. The summed E-state index contributed by atoms with van der Waals surface area (Å²) in [5.74, 6) is -0.131. The average Bonchev–Trinajstić information content (AvgIpc) is 2.89. The Morgan fingerprint density at radius 1 is 0.800 bits per heavy atom. The molecule has 7 heteroatoms. The molecule has 1 atom stereocenters. The molecular weight excluding hydrogens is 458 g/mol. The molecule has 0 spiro atoms. The Morgan fingerprint density at radius 2 is 1.37 bits per heavy atom. The van der Waals surface area contributed by atoms with Gasteiger partial charge in [0.1, 0.15) is 0 Å². The van der Waals surface area contributed by atoms with E-state index in [-0.39, 0.29) is 16.7 Å². The minimum Gasteiger partial charge on any atom is -0.301 e. The van der Waals surface area contributed by atoms with Gasteiger partial charge in [-0.15, -0.1) is 0 Å². The topological polar surface area (TPSA) is 69.7 Å². The molecular formula is C28H31N3O3S. The van der Waals surface area contributed by atoms with Gasteiger partial charge in [-0.2, -0.15) is 0 Å². The van der Waals surface area contributed by atoms with Gasteiger partial charge in [-0.3, -0.25) is 9.69 Å². The lowest BCUT2D eigenvalue weighted by molar-refractivity contribution is 0.0924. The van der Waals surface area contributed by atoms with Crippen LogP contribution in [-0.4, -0.2) is 62.8 Å². The SMILES string of the molecule is O=C1c2ccccc2S(=O)(=O)NC1CCCN1CCN(C(c2ccccc2)c2ccccc2)CC1. The van der Waals surface area contributed by atoms with Crippen LogP contribution in [0, 0.1) is 0 Å². The number of carbonyl (C=O) groups excluding carboxylic acids is 1. The number of piperazine rings is 1. The summed E-state index contributed by atoms with van der Waals surface area (Å²) < 4.78 is 27.7. The third-order valence-electron chi connectivity index (χ3n) is 7.03. The van der Waals surface area contributed by atoms with E-state index >= 15 is 0 Å². The Bertz CT molecular complexity index is 1220. The number of nitrogens with zero attached hydrogens (tertiary/aromatic N) is 2. The fraction of sp³-hybridized carbons (Fsp3) is 0.321. The average molecular weight is 490 g/mol. The van der Waals surface area contributed by atoms with Crippen molar-refractivity contribution >= 4 is 15.8 Å². The highest BCUT2D eigenvalue weighted by atomic mass is 32.2. The zero-order valence-corrected chi connectivity index (χ0v) is 20.5. The highest BCUT2D eigenvalue weighted by molar-refractivity contribution is 7.89. The van der Waals surface area contributed by atoms with Crippen LogP contribution in [0.2, 0.25) is 0 Å². The smallest absolute Gasteiger partial charge is 0.241 e. The summed E-state index contributed by atoms with van der Waals surface area (Å²) in [6.45, 7) is 4.66. The first-order chi connectivity index (χ1) is 17.0. The maximum absolute atomic E-state index is 12.8. The van der Waals surface area contributed by atoms with Crippen LogP contribution in [0.15, 0.2) is 89.8 Å². The van der Waals surface area contributed by atoms with Crippen LogP contribution in [0.4, 0.5) is 0 Å². The first-order valence-corrected chi connectivity index (χ1v) is 13.7. The number of carbonyl (C=O) groups is 1. The first kappa shape index (κ1) is 23.9. The molecule has 0 amide bonds. The first-order valence-electron chi connectivity index (χ1n) is 12.2. The van der Waals surface area contributed by atoms with Crippen LogP contribution < -0.4 is 4.72 Å². The zero-order valence-electron chi connectivity index (χ0n) is 19.7. The van der Waals surface area contributed by atoms with Crippen molar-refractivity contribution in [3.63, 3.8) is 0 Å². The van der Waals surface area contributed by atoms with E-state index in [1.807, 2.05) is 0 Å². The monoisotopic (exact) mass is 489 g/mol. The number of fused-ring (bicyclic) bond motifs is 1. The Hall–Kier alpha value is -2.84. The second-order valence-corrected chi connectivity index (χ2v) is 11.0. The molecule has 0 saturated carbocycles. The lowest BCUT2D eigenvalue weighted by atomic mass is 9.96. The number of sulfonamides is 1. The summed E-state index contributed by atoms with van der Waals surface area (Å²) in [6, 6.07) is 27.3. The molecule has 182 valence electrons. The van der Waals surface area contributed by atoms with Gasteiger partial charge in [0.2, 0.25) is 10.0 Å². The molecule has 35 heavy (non-hydrogen) atoms. The molecule has 3 aromatic rings. The number of nitrogens with one attached hydrogen (secondary N) is 1. The maximum atomic E-state index is 12.8. The van der Waals surface area contributed by atoms with E-state index in [1.54, 1.807) is 18.2 Å². The Labute approximate surface area is 207 Å². The summed E-state index contributed by atoms with van der Waals surface area (Å²) in [7, 11) is -3.64. The summed E-state index contributed by atoms with van der Waals surface area (Å²) >= 11 is 0. The van der Waals surface area contributed by atoms with Crippen molar-refractivity contribution in [2.45, 2.75) is 29.8 Å². The minimum absolute atomic E-state index is 0.0868. The van der Waals surface area contributed by atoms with Gasteiger partial charge in [-0.05, 0) is 42.6 Å². The van der Waals surface area contributed by atoms with Gasteiger partial charge in [0.05, 0.1) is 17.0 Å². The van der Waals surface area contributed by atoms with E-state index in [1.165, 1.54) is 17.2 Å². The third-order valence-corrected chi connectivity index (χ3v) is 8.56. The maximum Gasteiger partial charge on any atom is 0.241 e. The van der Waals surface area contributed by atoms with Crippen LogP contribution in [0.1, 0.15) is 40.4 Å². The van der Waals surface area contributed by atoms with E-state index in [9.17, 15) is 13.2 Å². The van der Waals surface area contributed by atoms with Crippen LogP contribution >= 0.6 is 0 Å². The Kier molecular flexibility index (Phi) is 7.11. The summed E-state index contributed by atoms with van der Waals surface area (Å²) in [6.07, 6.45) is 1.27. The molecule has 1 N–H and O–H groups in total. The number of hydrogen-bond donors (Lipinski definition) is 1. The summed E-state index contributed by atoms with van der Waals surface area (Å²) in [5, 5.41) is 0. The largest absolute Gasteiger partial charge is 0.301 e. The van der Waals surface area contributed by atoms with E-state index in [4.69, 9.17) is 0 Å². The number of hydrogen-bond acceptors (Lipinski definition) is 5. The molecule has 5 rings (SSSR count). The van der Waals surface area contributed by atoms with E-state index in [2.05, 4.69) is 75.2 Å². The molecule has 0 radical (unpaired) electrons. The van der Waals surface area contributed by atoms with Crippen molar-refractivity contribution in [3.05, 3.63) is 102 Å². The van der Waals surface area contributed by atoms with Gasteiger partial charge in [0.25, 0.3) is 0 Å². The van der Waals surface area contributed by atoms with Crippen molar-refractivity contribution in [2.24, 2.45) is 0 Å². The molecule has 6 nitrogen and oxygen atoms in total. The second-order valence-electron chi connectivity index (χ2n) is 9.28. The van der Waals surface area contributed by atoms with Crippen molar-refractivity contribution in [1.82, 2.24) is 14.5 Å². The van der Waals surface area contributed by atoms with Crippen LogP contribution in [0.3, 0.4) is 0 Å². The molecule has 2 heterocycles. The standard InChI is InChI=1S/C28H31N3O3S/c32-28-24-14-7-8-16-26(24)35(33,34)29-25(28)15-9-17-30-18-20-31(21-19-30)27(22-10-3-1-4-11-22)23-12-5-2-6-13-23/h1-8,10-14,16,25,27,29H,9,15,17-21H2. The number of Topliss-reactive ketones (excluding diaryl/α,β-unsaturated/α-hetero) is 1. The second kappa shape index (κ2) is 10.4. The van der Waals surface area contributed by atoms with Gasteiger partial charge in [-0.25, -0.2) is 13.1 Å². The van der Waals surface area contributed by atoms with Crippen molar-refractivity contribution < 1.29 is 13.2 Å².